The lowest BCUT2D eigenvalue weighted by Gasteiger charge is -2.13. The Morgan fingerprint density at radius 2 is 2.00 bits per heavy atom. The number of hydrogen-bond donors (Lipinski definition) is 2. The SMILES string of the molecule is CCOC(=O)CNC(=S)Nc1ccccc1OCC. The van der Waals surface area contributed by atoms with Gasteiger partial charge in [0, 0.05) is 0 Å². The Kier molecular flexibility index (Phi) is 6.67. The van der Waals surface area contributed by atoms with E-state index in [2.05, 4.69) is 10.6 Å². The van der Waals surface area contributed by atoms with Crippen LogP contribution in [-0.4, -0.2) is 30.8 Å². The summed E-state index contributed by atoms with van der Waals surface area (Å²) in [5, 5.41) is 6.10. The number of benzene rings is 1. The lowest BCUT2D eigenvalue weighted by molar-refractivity contribution is -0.141. The minimum absolute atomic E-state index is 0.0382. The first-order valence-corrected chi connectivity index (χ1v) is 6.50. The highest BCUT2D eigenvalue weighted by atomic mass is 32.1. The normalized spacial score (nSPS) is 9.58. The topological polar surface area (TPSA) is 59.6 Å². The highest BCUT2D eigenvalue weighted by Gasteiger charge is 2.06. The molecule has 1 aromatic rings. The summed E-state index contributed by atoms with van der Waals surface area (Å²) >= 11 is 5.10. The van der Waals surface area contributed by atoms with Crippen LogP contribution < -0.4 is 15.4 Å². The molecule has 0 aromatic heterocycles. The molecule has 5 nitrogen and oxygen atoms in total. The number of rotatable bonds is 6. The number of para-hydroxylation sites is 2. The summed E-state index contributed by atoms with van der Waals surface area (Å²) in [6.07, 6.45) is 0. The lowest BCUT2D eigenvalue weighted by atomic mass is 10.3. The van der Waals surface area contributed by atoms with E-state index in [9.17, 15) is 4.79 Å². The molecule has 104 valence electrons. The van der Waals surface area contributed by atoms with Crippen molar-refractivity contribution in [2.45, 2.75) is 13.8 Å². The number of esters is 1. The Balaban J connectivity index is 2.50. The average Bonchev–Trinajstić information content (AvgIpc) is 2.39. The van der Waals surface area contributed by atoms with E-state index in [4.69, 9.17) is 21.7 Å². The largest absolute Gasteiger partial charge is 0.492 e. The highest BCUT2D eigenvalue weighted by Crippen LogP contribution is 2.23. The molecule has 0 spiro atoms. The van der Waals surface area contributed by atoms with Gasteiger partial charge in [-0.25, -0.2) is 0 Å². The van der Waals surface area contributed by atoms with E-state index in [-0.39, 0.29) is 12.5 Å². The van der Waals surface area contributed by atoms with Crippen LogP contribution in [0.4, 0.5) is 5.69 Å². The van der Waals surface area contributed by atoms with Gasteiger partial charge in [0.25, 0.3) is 0 Å². The van der Waals surface area contributed by atoms with Crippen LogP contribution in [0.3, 0.4) is 0 Å². The first kappa shape index (κ1) is 15.2. The Morgan fingerprint density at radius 1 is 1.26 bits per heavy atom. The van der Waals surface area contributed by atoms with Crippen molar-refractivity contribution < 1.29 is 14.3 Å². The van der Waals surface area contributed by atoms with Gasteiger partial charge < -0.3 is 20.1 Å². The van der Waals surface area contributed by atoms with Crippen molar-refractivity contribution in [3.63, 3.8) is 0 Å². The predicted octanol–water partition coefficient (Wildman–Crippen LogP) is 1.93. The fourth-order valence-electron chi connectivity index (χ4n) is 1.38. The third kappa shape index (κ3) is 5.56. The van der Waals surface area contributed by atoms with Gasteiger partial charge >= 0.3 is 5.97 Å². The van der Waals surface area contributed by atoms with E-state index in [1.54, 1.807) is 6.92 Å². The van der Waals surface area contributed by atoms with Crippen molar-refractivity contribution in [1.82, 2.24) is 5.32 Å². The Hall–Kier alpha value is -1.82. The summed E-state index contributed by atoms with van der Waals surface area (Å²) in [6.45, 7) is 4.63. The van der Waals surface area contributed by atoms with Gasteiger partial charge in [-0.2, -0.15) is 0 Å². The maximum atomic E-state index is 11.2. The van der Waals surface area contributed by atoms with Crippen LogP contribution in [-0.2, 0) is 9.53 Å². The first-order chi connectivity index (χ1) is 9.17. The summed E-state index contributed by atoms with van der Waals surface area (Å²) in [5.41, 5.74) is 0.755. The molecule has 0 unspecified atom stereocenters. The van der Waals surface area contributed by atoms with Gasteiger partial charge in [0.2, 0.25) is 0 Å². The Bertz CT molecular complexity index is 438. The van der Waals surface area contributed by atoms with E-state index in [0.29, 0.717) is 24.1 Å². The number of hydrogen-bond acceptors (Lipinski definition) is 4. The van der Waals surface area contributed by atoms with Crippen LogP contribution in [0, 0.1) is 0 Å². The van der Waals surface area contributed by atoms with Gasteiger partial charge in [0.1, 0.15) is 12.3 Å². The summed E-state index contributed by atoms with van der Waals surface area (Å²) in [5.74, 6) is 0.370. The quantitative estimate of drug-likeness (QED) is 0.614. The maximum absolute atomic E-state index is 11.2. The molecule has 0 fully saturated rings. The molecule has 2 N–H and O–H groups in total. The van der Waals surface area contributed by atoms with Gasteiger partial charge in [-0.3, -0.25) is 4.79 Å². The second kappa shape index (κ2) is 8.31. The molecule has 0 aliphatic carbocycles. The van der Waals surface area contributed by atoms with Crippen LogP contribution in [0.25, 0.3) is 0 Å². The van der Waals surface area contributed by atoms with Gasteiger partial charge in [0.05, 0.1) is 18.9 Å². The number of nitrogens with one attached hydrogen (secondary N) is 2. The van der Waals surface area contributed by atoms with Gasteiger partial charge in [-0.1, -0.05) is 12.1 Å². The standard InChI is InChI=1S/C13H18N2O3S/c1-3-17-11-8-6-5-7-10(11)15-13(19)14-9-12(16)18-4-2/h5-8H,3-4,9H2,1-2H3,(H2,14,15,19). The van der Waals surface area contributed by atoms with Crippen LogP contribution in [0.15, 0.2) is 24.3 Å². The second-order valence-corrected chi connectivity index (χ2v) is 3.95. The van der Waals surface area contributed by atoms with Crippen LogP contribution in [0.5, 0.6) is 5.75 Å². The molecular formula is C13H18N2O3S. The number of carbonyl (C=O) groups is 1. The number of ether oxygens (including phenoxy) is 2. The molecule has 0 bridgehead atoms. The van der Waals surface area contributed by atoms with Crippen LogP contribution in [0.1, 0.15) is 13.8 Å². The molecule has 19 heavy (non-hydrogen) atoms. The first-order valence-electron chi connectivity index (χ1n) is 6.09. The second-order valence-electron chi connectivity index (χ2n) is 3.54. The molecule has 6 heteroatoms. The van der Waals surface area contributed by atoms with Gasteiger partial charge in [0.15, 0.2) is 5.11 Å². The zero-order valence-electron chi connectivity index (χ0n) is 11.1. The minimum Gasteiger partial charge on any atom is -0.492 e. The van der Waals surface area contributed by atoms with Crippen molar-refractivity contribution in [2.75, 3.05) is 25.1 Å². The molecule has 0 saturated heterocycles. The maximum Gasteiger partial charge on any atom is 0.325 e. The fraction of sp³-hybridized carbons (Fsp3) is 0.385. The zero-order valence-corrected chi connectivity index (χ0v) is 11.9. The monoisotopic (exact) mass is 282 g/mol. The summed E-state index contributed by atoms with van der Waals surface area (Å²) in [7, 11) is 0. The molecule has 0 atom stereocenters. The Labute approximate surface area is 118 Å². The molecule has 1 aromatic carbocycles. The Morgan fingerprint density at radius 3 is 2.68 bits per heavy atom. The van der Waals surface area contributed by atoms with Gasteiger partial charge in [-0.05, 0) is 38.2 Å². The van der Waals surface area contributed by atoms with Crippen molar-refractivity contribution in [3.05, 3.63) is 24.3 Å². The summed E-state index contributed by atoms with van der Waals surface area (Å²) in [4.78, 5) is 11.2. The number of carbonyl (C=O) groups excluding carboxylic acids is 1. The van der Waals surface area contributed by atoms with E-state index >= 15 is 0 Å². The third-order valence-corrected chi connectivity index (χ3v) is 2.38. The number of thiocarbonyl (C=S) groups is 1. The molecule has 0 saturated carbocycles. The van der Waals surface area contributed by atoms with E-state index in [1.165, 1.54) is 0 Å². The molecule has 1 rings (SSSR count). The molecular weight excluding hydrogens is 264 g/mol. The average molecular weight is 282 g/mol. The molecule has 0 aliphatic rings. The summed E-state index contributed by atoms with van der Waals surface area (Å²) < 4.78 is 10.3. The fourth-order valence-corrected chi connectivity index (χ4v) is 1.56. The van der Waals surface area contributed by atoms with E-state index < -0.39 is 0 Å². The van der Waals surface area contributed by atoms with E-state index in [0.717, 1.165) is 5.69 Å². The van der Waals surface area contributed by atoms with Crippen molar-refractivity contribution >= 4 is 29.0 Å². The molecule has 0 radical (unpaired) electrons. The van der Waals surface area contributed by atoms with Crippen molar-refractivity contribution in [2.24, 2.45) is 0 Å². The number of anilines is 1. The smallest absolute Gasteiger partial charge is 0.325 e. The molecule has 0 aliphatic heterocycles. The van der Waals surface area contributed by atoms with Crippen molar-refractivity contribution in [3.8, 4) is 5.75 Å². The van der Waals surface area contributed by atoms with Gasteiger partial charge in [-0.15, -0.1) is 0 Å². The summed E-state index contributed by atoms with van der Waals surface area (Å²) in [6, 6.07) is 7.45. The molecule has 0 heterocycles. The van der Waals surface area contributed by atoms with E-state index in [1.807, 2.05) is 31.2 Å². The predicted molar refractivity (Wildman–Crippen MR) is 78.5 cm³/mol. The molecule has 0 amide bonds. The van der Waals surface area contributed by atoms with Crippen molar-refractivity contribution in [1.29, 1.82) is 0 Å². The highest BCUT2D eigenvalue weighted by molar-refractivity contribution is 7.80. The lowest BCUT2D eigenvalue weighted by Crippen LogP contribution is -2.34. The minimum atomic E-state index is -0.343. The van der Waals surface area contributed by atoms with Crippen LogP contribution >= 0.6 is 12.2 Å². The van der Waals surface area contributed by atoms with Crippen LogP contribution in [0.2, 0.25) is 0 Å². The third-order valence-electron chi connectivity index (χ3n) is 2.13. The zero-order chi connectivity index (χ0) is 14.1.